The van der Waals surface area contributed by atoms with Crippen LogP contribution in [0, 0.1) is 0 Å². The van der Waals surface area contributed by atoms with Crippen molar-refractivity contribution in [2.75, 3.05) is 0 Å². The molecular weight excluding hydrogens is 238 g/mol. The summed E-state index contributed by atoms with van der Waals surface area (Å²) in [7, 11) is -3.10. The molecule has 4 nitrogen and oxygen atoms in total. The number of benzene rings is 1. The standard InChI is InChI=1S/C12H15NO3S/c1-8(2)17(15,16)7-10-5-9-6-11(14)3-4-12(9)13-10/h3-6,8,13-14H,7H2,1-2H3. The number of phenols is 1. The van der Waals surface area contributed by atoms with E-state index in [0.717, 1.165) is 10.9 Å². The molecule has 1 aromatic heterocycles. The molecule has 1 heterocycles. The van der Waals surface area contributed by atoms with Crippen LogP contribution < -0.4 is 0 Å². The summed E-state index contributed by atoms with van der Waals surface area (Å²) in [6.45, 7) is 3.34. The van der Waals surface area contributed by atoms with Gasteiger partial charge in [0.1, 0.15) is 5.75 Å². The number of rotatable bonds is 3. The summed E-state index contributed by atoms with van der Waals surface area (Å²) in [4.78, 5) is 3.04. The van der Waals surface area contributed by atoms with E-state index in [4.69, 9.17) is 0 Å². The molecular formula is C12H15NO3S. The van der Waals surface area contributed by atoms with Crippen molar-refractivity contribution in [3.05, 3.63) is 30.0 Å². The molecule has 2 rings (SSSR count). The van der Waals surface area contributed by atoms with Crippen LogP contribution in [-0.4, -0.2) is 23.8 Å². The number of nitrogens with one attached hydrogen (secondary N) is 1. The van der Waals surface area contributed by atoms with E-state index >= 15 is 0 Å². The van der Waals surface area contributed by atoms with Gasteiger partial charge < -0.3 is 10.1 Å². The lowest BCUT2D eigenvalue weighted by Crippen LogP contribution is -2.16. The highest BCUT2D eigenvalue weighted by molar-refractivity contribution is 7.91. The summed E-state index contributed by atoms with van der Waals surface area (Å²) in [5.41, 5.74) is 1.48. The third-order valence-electron chi connectivity index (χ3n) is 2.74. The number of hydrogen-bond acceptors (Lipinski definition) is 3. The molecule has 0 aliphatic heterocycles. The van der Waals surface area contributed by atoms with Gasteiger partial charge in [-0.2, -0.15) is 0 Å². The van der Waals surface area contributed by atoms with Crippen LogP contribution in [0.5, 0.6) is 5.75 Å². The third-order valence-corrected chi connectivity index (χ3v) is 4.88. The average Bonchev–Trinajstić information content (AvgIpc) is 2.57. The number of aromatic nitrogens is 1. The van der Waals surface area contributed by atoms with Crippen molar-refractivity contribution < 1.29 is 13.5 Å². The van der Waals surface area contributed by atoms with Crippen molar-refractivity contribution in [2.45, 2.75) is 24.9 Å². The zero-order valence-corrected chi connectivity index (χ0v) is 10.6. The third kappa shape index (κ3) is 2.44. The second-order valence-corrected chi connectivity index (χ2v) is 6.98. The first-order chi connectivity index (χ1) is 7.88. The first kappa shape index (κ1) is 12.0. The minimum absolute atomic E-state index is 0.000108. The molecule has 2 aromatic rings. The van der Waals surface area contributed by atoms with Gasteiger partial charge in [0, 0.05) is 16.6 Å². The predicted molar refractivity (Wildman–Crippen MR) is 67.7 cm³/mol. The van der Waals surface area contributed by atoms with Crippen molar-refractivity contribution in [1.29, 1.82) is 0 Å². The van der Waals surface area contributed by atoms with Gasteiger partial charge >= 0.3 is 0 Å². The van der Waals surface area contributed by atoms with Gasteiger partial charge in [0.05, 0.1) is 11.0 Å². The molecule has 92 valence electrons. The topological polar surface area (TPSA) is 70.2 Å². The maximum absolute atomic E-state index is 11.8. The van der Waals surface area contributed by atoms with Gasteiger partial charge in [0.25, 0.3) is 0 Å². The Labute approximate surface area is 100 Å². The number of sulfone groups is 1. The van der Waals surface area contributed by atoms with E-state index in [1.807, 2.05) is 0 Å². The van der Waals surface area contributed by atoms with Crippen LogP contribution in [-0.2, 0) is 15.6 Å². The van der Waals surface area contributed by atoms with Crippen LogP contribution >= 0.6 is 0 Å². The van der Waals surface area contributed by atoms with Gasteiger partial charge in [0.2, 0.25) is 0 Å². The normalized spacial score (nSPS) is 12.4. The molecule has 0 saturated carbocycles. The molecule has 2 N–H and O–H groups in total. The van der Waals surface area contributed by atoms with E-state index in [0.29, 0.717) is 5.69 Å². The van der Waals surface area contributed by atoms with Gasteiger partial charge in [-0.25, -0.2) is 8.42 Å². The first-order valence-electron chi connectivity index (χ1n) is 5.40. The molecule has 1 aromatic carbocycles. The number of aromatic amines is 1. The SMILES string of the molecule is CC(C)S(=O)(=O)Cc1cc2cc(O)ccc2[nH]1. The zero-order chi connectivity index (χ0) is 12.6. The van der Waals surface area contributed by atoms with E-state index in [2.05, 4.69) is 4.98 Å². The second kappa shape index (κ2) is 4.07. The molecule has 0 atom stereocenters. The Balaban J connectivity index is 2.38. The maximum atomic E-state index is 11.8. The largest absolute Gasteiger partial charge is 0.508 e. The lowest BCUT2D eigenvalue weighted by molar-refractivity contribution is 0.476. The van der Waals surface area contributed by atoms with Crippen LogP contribution in [0.25, 0.3) is 10.9 Å². The Morgan fingerprint density at radius 2 is 2.00 bits per heavy atom. The summed E-state index contributed by atoms with van der Waals surface area (Å²) < 4.78 is 23.5. The number of aromatic hydroxyl groups is 1. The molecule has 0 unspecified atom stereocenters. The molecule has 0 bridgehead atoms. The van der Waals surface area contributed by atoms with Crippen LogP contribution in [0.2, 0.25) is 0 Å². The molecule has 0 spiro atoms. The van der Waals surface area contributed by atoms with Crippen LogP contribution in [0.1, 0.15) is 19.5 Å². The minimum Gasteiger partial charge on any atom is -0.508 e. The van der Waals surface area contributed by atoms with E-state index in [-0.39, 0.29) is 16.8 Å². The molecule has 0 saturated heterocycles. The van der Waals surface area contributed by atoms with Crippen molar-refractivity contribution in [3.8, 4) is 5.75 Å². The van der Waals surface area contributed by atoms with E-state index < -0.39 is 9.84 Å². The van der Waals surface area contributed by atoms with E-state index in [1.165, 1.54) is 0 Å². The van der Waals surface area contributed by atoms with Crippen LogP contribution in [0.4, 0.5) is 0 Å². The summed E-state index contributed by atoms with van der Waals surface area (Å²) in [6.07, 6.45) is 0. The number of phenolic OH excluding ortho intramolecular Hbond substituents is 1. The molecule has 5 heteroatoms. The van der Waals surface area contributed by atoms with Crippen molar-refractivity contribution >= 4 is 20.7 Å². The van der Waals surface area contributed by atoms with E-state index in [9.17, 15) is 13.5 Å². The van der Waals surface area contributed by atoms with Crippen molar-refractivity contribution in [2.24, 2.45) is 0 Å². The van der Waals surface area contributed by atoms with Crippen LogP contribution in [0.3, 0.4) is 0 Å². The molecule has 17 heavy (non-hydrogen) atoms. The van der Waals surface area contributed by atoms with E-state index in [1.54, 1.807) is 38.1 Å². The Morgan fingerprint density at radius 3 is 2.65 bits per heavy atom. The monoisotopic (exact) mass is 253 g/mol. The zero-order valence-electron chi connectivity index (χ0n) is 9.77. The highest BCUT2D eigenvalue weighted by Gasteiger charge is 2.17. The quantitative estimate of drug-likeness (QED) is 0.881. The number of hydrogen-bond donors (Lipinski definition) is 2. The van der Waals surface area contributed by atoms with Gasteiger partial charge in [-0.15, -0.1) is 0 Å². The summed E-state index contributed by atoms with van der Waals surface area (Å²) in [5.74, 6) is 0.176. The Bertz CT molecular complexity index is 641. The van der Waals surface area contributed by atoms with Gasteiger partial charge in [-0.3, -0.25) is 0 Å². The van der Waals surface area contributed by atoms with Gasteiger partial charge in [-0.05, 0) is 38.1 Å². The Hall–Kier alpha value is -1.49. The maximum Gasteiger partial charge on any atom is 0.158 e. The fourth-order valence-corrected chi connectivity index (χ4v) is 2.56. The highest BCUT2D eigenvalue weighted by Crippen LogP contribution is 2.22. The molecule has 0 aliphatic rings. The smallest absolute Gasteiger partial charge is 0.158 e. The Kier molecular flexibility index (Phi) is 2.87. The predicted octanol–water partition coefficient (Wildman–Crippen LogP) is 2.20. The van der Waals surface area contributed by atoms with Crippen LogP contribution in [0.15, 0.2) is 24.3 Å². The molecule has 0 radical (unpaired) electrons. The molecule has 0 amide bonds. The fraction of sp³-hybridized carbons (Fsp3) is 0.333. The molecule has 0 fully saturated rings. The first-order valence-corrected chi connectivity index (χ1v) is 7.12. The fourth-order valence-electron chi connectivity index (χ4n) is 1.64. The lowest BCUT2D eigenvalue weighted by atomic mass is 10.2. The van der Waals surface area contributed by atoms with Gasteiger partial charge in [-0.1, -0.05) is 0 Å². The summed E-state index contributed by atoms with van der Waals surface area (Å²) >= 11 is 0. The van der Waals surface area contributed by atoms with Crippen molar-refractivity contribution in [3.63, 3.8) is 0 Å². The number of fused-ring (bicyclic) bond motifs is 1. The highest BCUT2D eigenvalue weighted by atomic mass is 32.2. The second-order valence-electron chi connectivity index (χ2n) is 4.42. The summed E-state index contributed by atoms with van der Waals surface area (Å²) in [6, 6.07) is 6.67. The van der Waals surface area contributed by atoms with Gasteiger partial charge in [0.15, 0.2) is 9.84 Å². The number of H-pyrrole nitrogens is 1. The van der Waals surface area contributed by atoms with Crippen molar-refractivity contribution in [1.82, 2.24) is 4.98 Å². The summed E-state index contributed by atoms with van der Waals surface area (Å²) in [5, 5.41) is 9.76. The Morgan fingerprint density at radius 1 is 1.29 bits per heavy atom. The molecule has 0 aliphatic carbocycles. The average molecular weight is 253 g/mol. The lowest BCUT2D eigenvalue weighted by Gasteiger charge is -2.05. The minimum atomic E-state index is -3.10.